The fourth-order valence-electron chi connectivity index (χ4n) is 7.28. The summed E-state index contributed by atoms with van der Waals surface area (Å²) in [4.78, 5) is 10.2. The number of rotatable bonds is 5. The van der Waals surface area contributed by atoms with Gasteiger partial charge in [-0.05, 0) is 65.2 Å². The van der Waals surface area contributed by atoms with E-state index in [2.05, 4.69) is 143 Å². The smallest absolute Gasteiger partial charge is 0.163 e. The van der Waals surface area contributed by atoms with Crippen molar-refractivity contribution in [2.45, 2.75) is 6.17 Å². The van der Waals surface area contributed by atoms with E-state index >= 15 is 0 Å². The van der Waals surface area contributed by atoms with Crippen LogP contribution in [0.1, 0.15) is 22.9 Å². The maximum Gasteiger partial charge on any atom is 0.163 e. The van der Waals surface area contributed by atoms with Gasteiger partial charge in [0.25, 0.3) is 0 Å². The lowest BCUT2D eigenvalue weighted by Gasteiger charge is -2.23. The molecule has 1 unspecified atom stereocenters. The molecule has 3 heterocycles. The molecule has 1 aliphatic rings. The Morgan fingerprint density at radius 3 is 2.00 bits per heavy atom. The minimum absolute atomic E-state index is 0.284. The number of aromatic nitrogens is 1. The van der Waals surface area contributed by atoms with Crippen LogP contribution in [0.3, 0.4) is 0 Å². The van der Waals surface area contributed by atoms with Gasteiger partial charge in [-0.2, -0.15) is 0 Å². The number of nitrogens with one attached hydrogen (secondary N) is 1. The molecular weight excluding hydrogens is 613 g/mol. The quantitative estimate of drug-likeness (QED) is 0.203. The number of benzene rings is 7. The van der Waals surface area contributed by atoms with Crippen LogP contribution in [0, 0.1) is 0 Å². The summed E-state index contributed by atoms with van der Waals surface area (Å²) in [6.45, 7) is 0. The predicted octanol–water partition coefficient (Wildman–Crippen LogP) is 10.8. The molecule has 0 radical (unpaired) electrons. The molecule has 0 bridgehead atoms. The van der Waals surface area contributed by atoms with Gasteiger partial charge in [-0.1, -0.05) is 121 Å². The summed E-state index contributed by atoms with van der Waals surface area (Å²) in [7, 11) is 0. The van der Waals surface area contributed by atoms with Gasteiger partial charge >= 0.3 is 0 Å². The van der Waals surface area contributed by atoms with Gasteiger partial charge in [0, 0.05) is 32.8 Å². The SMILES string of the molecule is c1ccc(C2=NC(c3cccc4c3oc3ccc(-c5ccc6c(c5)c5ccccc5n6-c5ccccc5)cc34)=NC(c3ccccc3)N2)cc1. The van der Waals surface area contributed by atoms with Crippen LogP contribution in [0.25, 0.3) is 60.6 Å². The van der Waals surface area contributed by atoms with E-state index in [0.717, 1.165) is 61.3 Å². The number of amidine groups is 2. The van der Waals surface area contributed by atoms with Crippen molar-refractivity contribution in [2.75, 3.05) is 0 Å². The zero-order chi connectivity index (χ0) is 33.0. The number of furan rings is 1. The number of aliphatic imine (C=N–C) groups is 2. The molecule has 5 nitrogen and oxygen atoms in total. The Labute approximate surface area is 288 Å². The summed E-state index contributed by atoms with van der Waals surface area (Å²) in [5, 5.41) is 8.11. The second kappa shape index (κ2) is 11.5. The summed E-state index contributed by atoms with van der Waals surface area (Å²) >= 11 is 0. The van der Waals surface area contributed by atoms with E-state index in [-0.39, 0.29) is 6.17 Å². The molecule has 9 aromatic rings. The Morgan fingerprint density at radius 1 is 0.520 bits per heavy atom. The van der Waals surface area contributed by atoms with Crippen molar-refractivity contribution >= 4 is 55.4 Å². The van der Waals surface area contributed by atoms with Crippen molar-refractivity contribution < 1.29 is 4.42 Å². The molecule has 7 aromatic carbocycles. The molecule has 1 N–H and O–H groups in total. The number of para-hydroxylation sites is 3. The van der Waals surface area contributed by atoms with E-state index in [1.807, 2.05) is 36.4 Å². The fraction of sp³-hybridized carbons (Fsp3) is 0.0222. The summed E-state index contributed by atoms with van der Waals surface area (Å²) in [5.41, 5.74) is 10.4. The van der Waals surface area contributed by atoms with Crippen molar-refractivity contribution in [1.82, 2.24) is 9.88 Å². The molecule has 0 spiro atoms. The second-order valence-electron chi connectivity index (χ2n) is 12.7. The predicted molar refractivity (Wildman–Crippen MR) is 205 cm³/mol. The lowest BCUT2D eigenvalue weighted by atomic mass is 10.00. The largest absolute Gasteiger partial charge is 0.455 e. The van der Waals surface area contributed by atoms with Crippen LogP contribution in [-0.2, 0) is 0 Å². The highest BCUT2D eigenvalue weighted by Crippen LogP contribution is 2.38. The number of hydrogen-bond acceptors (Lipinski definition) is 4. The highest BCUT2D eigenvalue weighted by molar-refractivity contribution is 6.20. The molecule has 0 aliphatic carbocycles. The van der Waals surface area contributed by atoms with Gasteiger partial charge in [0.2, 0.25) is 0 Å². The fourth-order valence-corrected chi connectivity index (χ4v) is 7.28. The molecule has 0 saturated carbocycles. The van der Waals surface area contributed by atoms with Crippen LogP contribution in [0.4, 0.5) is 0 Å². The van der Waals surface area contributed by atoms with Crippen LogP contribution < -0.4 is 5.32 Å². The van der Waals surface area contributed by atoms with Crippen LogP contribution in [-0.4, -0.2) is 16.2 Å². The van der Waals surface area contributed by atoms with Crippen LogP contribution >= 0.6 is 0 Å². The van der Waals surface area contributed by atoms with E-state index in [1.54, 1.807) is 0 Å². The number of hydrogen-bond donors (Lipinski definition) is 1. The van der Waals surface area contributed by atoms with Crippen molar-refractivity contribution in [3.63, 3.8) is 0 Å². The van der Waals surface area contributed by atoms with Crippen LogP contribution in [0.5, 0.6) is 0 Å². The number of nitrogens with zero attached hydrogens (tertiary/aromatic N) is 3. The van der Waals surface area contributed by atoms with Crippen LogP contribution in [0.2, 0.25) is 0 Å². The zero-order valence-electron chi connectivity index (χ0n) is 27.0. The van der Waals surface area contributed by atoms with Crippen molar-refractivity contribution in [3.8, 4) is 16.8 Å². The molecular formula is C45H30N4O. The Morgan fingerprint density at radius 2 is 1.18 bits per heavy atom. The Balaban J connectivity index is 1.10. The van der Waals surface area contributed by atoms with E-state index < -0.39 is 0 Å². The third kappa shape index (κ3) is 4.63. The molecule has 1 aliphatic heterocycles. The highest BCUT2D eigenvalue weighted by Gasteiger charge is 2.23. The first-order valence-corrected chi connectivity index (χ1v) is 16.9. The molecule has 236 valence electrons. The van der Waals surface area contributed by atoms with Gasteiger partial charge < -0.3 is 14.3 Å². The standard InChI is InChI=1S/C45H30N4O/c1-4-13-29(14-5-1)43-46-44(30-15-6-2-7-16-30)48-45(47-43)36-21-12-20-35-38-28-32(24-26-41(38)50-42(35)36)31-23-25-40-37(27-31)34-19-10-11-22-39(34)49(40)33-17-8-3-9-18-33/h1-28,43H,(H,46,47,48). The van der Waals surface area contributed by atoms with Gasteiger partial charge in [0.15, 0.2) is 5.84 Å². The van der Waals surface area contributed by atoms with Gasteiger partial charge in [-0.15, -0.1) is 0 Å². The van der Waals surface area contributed by atoms with Gasteiger partial charge in [0.1, 0.15) is 23.2 Å². The van der Waals surface area contributed by atoms with Crippen molar-refractivity contribution in [2.24, 2.45) is 9.98 Å². The van der Waals surface area contributed by atoms with Gasteiger partial charge in [-0.25, -0.2) is 9.98 Å². The van der Waals surface area contributed by atoms with E-state index in [0.29, 0.717) is 5.84 Å². The molecule has 2 aromatic heterocycles. The first-order valence-electron chi connectivity index (χ1n) is 16.9. The van der Waals surface area contributed by atoms with E-state index in [1.165, 1.54) is 21.8 Å². The minimum Gasteiger partial charge on any atom is -0.455 e. The van der Waals surface area contributed by atoms with Crippen LogP contribution in [0.15, 0.2) is 184 Å². The molecule has 50 heavy (non-hydrogen) atoms. The molecule has 0 saturated heterocycles. The summed E-state index contributed by atoms with van der Waals surface area (Å²) in [6, 6.07) is 59.2. The second-order valence-corrected chi connectivity index (χ2v) is 12.7. The Bertz CT molecular complexity index is 2780. The van der Waals surface area contributed by atoms with Gasteiger partial charge in [-0.3, -0.25) is 0 Å². The normalized spacial score (nSPS) is 14.6. The number of fused-ring (bicyclic) bond motifs is 6. The molecule has 10 rings (SSSR count). The Kier molecular flexibility index (Phi) is 6.49. The maximum atomic E-state index is 6.62. The molecule has 1 atom stereocenters. The Hall–Kier alpha value is -6.72. The van der Waals surface area contributed by atoms with Crippen molar-refractivity contribution in [1.29, 1.82) is 0 Å². The highest BCUT2D eigenvalue weighted by atomic mass is 16.3. The first-order chi connectivity index (χ1) is 24.8. The summed E-state index contributed by atoms with van der Waals surface area (Å²) in [6.07, 6.45) is -0.284. The minimum atomic E-state index is -0.284. The average Bonchev–Trinajstić information content (AvgIpc) is 3.74. The lowest BCUT2D eigenvalue weighted by Crippen LogP contribution is -2.33. The zero-order valence-corrected chi connectivity index (χ0v) is 27.0. The lowest BCUT2D eigenvalue weighted by molar-refractivity contribution is 0.663. The average molecular weight is 643 g/mol. The topological polar surface area (TPSA) is 54.8 Å². The third-order valence-corrected chi connectivity index (χ3v) is 9.66. The van der Waals surface area contributed by atoms with Crippen molar-refractivity contribution in [3.05, 3.63) is 187 Å². The van der Waals surface area contributed by atoms with E-state index in [9.17, 15) is 0 Å². The summed E-state index contributed by atoms with van der Waals surface area (Å²) < 4.78 is 8.96. The molecule has 0 fully saturated rings. The summed E-state index contributed by atoms with van der Waals surface area (Å²) in [5.74, 6) is 1.42. The van der Waals surface area contributed by atoms with Gasteiger partial charge in [0.05, 0.1) is 16.6 Å². The van der Waals surface area contributed by atoms with E-state index in [4.69, 9.17) is 14.4 Å². The maximum absolute atomic E-state index is 6.62. The monoisotopic (exact) mass is 642 g/mol. The first kappa shape index (κ1) is 28.3. The molecule has 0 amide bonds. The third-order valence-electron chi connectivity index (χ3n) is 9.66. The molecule has 5 heteroatoms.